The minimum atomic E-state index is -3.80. The van der Waals surface area contributed by atoms with Gasteiger partial charge in [0.05, 0.1) is 16.5 Å². The van der Waals surface area contributed by atoms with Crippen LogP contribution in [0, 0.1) is 5.92 Å². The number of nitrogens with one attached hydrogen (secondary N) is 2. The Hall–Kier alpha value is -2.91. The molecule has 2 aliphatic heterocycles. The lowest BCUT2D eigenvalue weighted by Gasteiger charge is -2.31. The van der Waals surface area contributed by atoms with Crippen LogP contribution >= 0.6 is 0 Å². The summed E-state index contributed by atoms with van der Waals surface area (Å²) in [5.41, 5.74) is 1.32. The highest BCUT2D eigenvalue weighted by atomic mass is 32.2. The van der Waals surface area contributed by atoms with Crippen LogP contribution in [0.4, 0.5) is 5.69 Å². The van der Waals surface area contributed by atoms with Gasteiger partial charge in [0.25, 0.3) is 5.91 Å². The molecule has 0 aromatic heterocycles. The molecule has 2 N–H and O–H groups in total. The fourth-order valence-corrected chi connectivity index (χ4v) is 5.23. The van der Waals surface area contributed by atoms with Crippen molar-refractivity contribution in [3.05, 3.63) is 54.1 Å². The second-order valence-corrected chi connectivity index (χ2v) is 9.34. The lowest BCUT2D eigenvalue weighted by atomic mass is 9.99. The molecule has 0 aliphatic carbocycles. The SMILES string of the molecule is O=C1COc2ccc(S(=O)(=O)N3CCC[C@@H](C(=O)NCc4ccccc4)C3)cc2N1. The molecule has 9 heteroatoms. The molecule has 0 unspecified atom stereocenters. The van der Waals surface area contributed by atoms with Crippen LogP contribution in [0.3, 0.4) is 0 Å². The first-order chi connectivity index (χ1) is 14.4. The van der Waals surface area contributed by atoms with Crippen molar-refractivity contribution < 1.29 is 22.7 Å². The average molecular weight is 429 g/mol. The zero-order chi connectivity index (χ0) is 21.1. The Kier molecular flexibility index (Phi) is 5.74. The zero-order valence-electron chi connectivity index (χ0n) is 16.3. The van der Waals surface area contributed by atoms with Crippen LogP contribution in [-0.4, -0.2) is 44.2 Å². The standard InChI is InChI=1S/C21H23N3O5S/c25-20-14-29-19-9-8-17(11-18(19)23-20)30(27,28)24-10-4-7-16(13-24)21(26)22-12-15-5-2-1-3-6-15/h1-3,5-6,8-9,11,16H,4,7,10,12-14H2,(H,22,26)(H,23,25)/t16-/m1/s1. The molecular weight excluding hydrogens is 406 g/mol. The van der Waals surface area contributed by atoms with Gasteiger partial charge in [0.2, 0.25) is 15.9 Å². The Balaban J connectivity index is 1.45. The van der Waals surface area contributed by atoms with Gasteiger partial charge in [-0.3, -0.25) is 9.59 Å². The number of nitrogens with zero attached hydrogens (tertiary/aromatic N) is 1. The van der Waals surface area contributed by atoms with Crippen molar-refractivity contribution in [2.24, 2.45) is 5.92 Å². The van der Waals surface area contributed by atoms with Gasteiger partial charge in [0.15, 0.2) is 6.61 Å². The van der Waals surface area contributed by atoms with Crippen LogP contribution in [-0.2, 0) is 26.2 Å². The molecule has 0 radical (unpaired) electrons. The summed E-state index contributed by atoms with van der Waals surface area (Å²) >= 11 is 0. The molecule has 0 spiro atoms. The molecule has 0 saturated carbocycles. The first-order valence-electron chi connectivity index (χ1n) is 9.82. The third kappa shape index (κ3) is 4.31. The van der Waals surface area contributed by atoms with E-state index in [0.717, 1.165) is 5.56 Å². The van der Waals surface area contributed by atoms with Crippen molar-refractivity contribution in [1.29, 1.82) is 0 Å². The van der Waals surface area contributed by atoms with Gasteiger partial charge in [-0.05, 0) is 36.6 Å². The summed E-state index contributed by atoms with van der Waals surface area (Å²) in [7, 11) is -3.80. The van der Waals surface area contributed by atoms with E-state index in [0.29, 0.717) is 37.4 Å². The largest absolute Gasteiger partial charge is 0.482 e. The number of ether oxygens (including phenoxy) is 1. The summed E-state index contributed by atoms with van der Waals surface area (Å²) in [6, 6.07) is 14.0. The maximum atomic E-state index is 13.1. The van der Waals surface area contributed by atoms with Gasteiger partial charge in [0.1, 0.15) is 5.75 Å². The Morgan fingerprint density at radius 1 is 1.20 bits per heavy atom. The number of carbonyl (C=O) groups is 2. The van der Waals surface area contributed by atoms with Gasteiger partial charge in [-0.2, -0.15) is 4.31 Å². The van der Waals surface area contributed by atoms with E-state index in [1.165, 1.54) is 22.5 Å². The van der Waals surface area contributed by atoms with E-state index in [2.05, 4.69) is 10.6 Å². The number of rotatable bonds is 5. The van der Waals surface area contributed by atoms with Crippen molar-refractivity contribution in [3.8, 4) is 5.75 Å². The number of amides is 2. The molecular formula is C21H23N3O5S. The van der Waals surface area contributed by atoms with Crippen LogP contribution in [0.5, 0.6) is 5.75 Å². The summed E-state index contributed by atoms with van der Waals surface area (Å²) in [4.78, 5) is 24.2. The number of benzene rings is 2. The minimum Gasteiger partial charge on any atom is -0.482 e. The maximum Gasteiger partial charge on any atom is 0.262 e. The molecule has 2 aromatic carbocycles. The van der Waals surface area contributed by atoms with Gasteiger partial charge in [0, 0.05) is 19.6 Å². The Morgan fingerprint density at radius 3 is 2.80 bits per heavy atom. The summed E-state index contributed by atoms with van der Waals surface area (Å²) in [6.07, 6.45) is 1.24. The van der Waals surface area contributed by atoms with Crippen LogP contribution in [0.2, 0.25) is 0 Å². The number of fused-ring (bicyclic) bond motifs is 1. The summed E-state index contributed by atoms with van der Waals surface area (Å²) in [5, 5.41) is 5.53. The van der Waals surface area contributed by atoms with Crippen molar-refractivity contribution in [3.63, 3.8) is 0 Å². The third-order valence-electron chi connectivity index (χ3n) is 5.29. The maximum absolute atomic E-state index is 13.1. The highest BCUT2D eigenvalue weighted by Gasteiger charge is 2.34. The lowest BCUT2D eigenvalue weighted by Crippen LogP contribution is -2.45. The number of anilines is 1. The topological polar surface area (TPSA) is 105 Å². The monoisotopic (exact) mass is 429 g/mol. The number of carbonyl (C=O) groups excluding carboxylic acids is 2. The van der Waals surface area contributed by atoms with Gasteiger partial charge in [-0.15, -0.1) is 0 Å². The molecule has 1 fully saturated rings. The van der Waals surface area contributed by atoms with E-state index in [4.69, 9.17) is 4.74 Å². The molecule has 2 heterocycles. The third-order valence-corrected chi connectivity index (χ3v) is 7.15. The fraction of sp³-hybridized carbons (Fsp3) is 0.333. The molecule has 30 heavy (non-hydrogen) atoms. The van der Waals surface area contributed by atoms with Crippen molar-refractivity contribution in [1.82, 2.24) is 9.62 Å². The van der Waals surface area contributed by atoms with Crippen LogP contribution in [0.1, 0.15) is 18.4 Å². The highest BCUT2D eigenvalue weighted by molar-refractivity contribution is 7.89. The van der Waals surface area contributed by atoms with E-state index >= 15 is 0 Å². The first kappa shape index (κ1) is 20.4. The summed E-state index contributed by atoms with van der Waals surface area (Å²) in [6.45, 7) is 0.798. The smallest absolute Gasteiger partial charge is 0.262 e. The van der Waals surface area contributed by atoms with E-state index in [1.807, 2.05) is 30.3 Å². The molecule has 0 bridgehead atoms. The second-order valence-electron chi connectivity index (χ2n) is 7.40. The Labute approximate surface area is 175 Å². The van der Waals surface area contributed by atoms with E-state index < -0.39 is 15.9 Å². The van der Waals surface area contributed by atoms with E-state index in [9.17, 15) is 18.0 Å². The normalized spacial score (nSPS) is 19.3. The van der Waals surface area contributed by atoms with Crippen molar-refractivity contribution in [2.75, 3.05) is 25.0 Å². The number of hydrogen-bond acceptors (Lipinski definition) is 5. The molecule has 2 aliphatic rings. The van der Waals surface area contributed by atoms with E-state index in [1.54, 1.807) is 0 Å². The molecule has 2 aromatic rings. The van der Waals surface area contributed by atoms with Gasteiger partial charge >= 0.3 is 0 Å². The van der Waals surface area contributed by atoms with Crippen molar-refractivity contribution >= 4 is 27.5 Å². The highest BCUT2D eigenvalue weighted by Crippen LogP contribution is 2.32. The van der Waals surface area contributed by atoms with Crippen LogP contribution in [0.15, 0.2) is 53.4 Å². The quantitative estimate of drug-likeness (QED) is 0.753. The van der Waals surface area contributed by atoms with Crippen LogP contribution < -0.4 is 15.4 Å². The fourth-order valence-electron chi connectivity index (χ4n) is 3.68. The van der Waals surface area contributed by atoms with E-state index in [-0.39, 0.29) is 29.9 Å². The predicted octanol–water partition coefficient (Wildman–Crippen LogP) is 1.73. The minimum absolute atomic E-state index is 0.0670. The number of piperidine rings is 1. The first-order valence-corrected chi connectivity index (χ1v) is 11.3. The Morgan fingerprint density at radius 2 is 2.00 bits per heavy atom. The average Bonchev–Trinajstić information content (AvgIpc) is 2.77. The molecule has 4 rings (SSSR count). The molecule has 1 saturated heterocycles. The van der Waals surface area contributed by atoms with Gasteiger partial charge < -0.3 is 15.4 Å². The van der Waals surface area contributed by atoms with Crippen molar-refractivity contribution in [2.45, 2.75) is 24.3 Å². The second kappa shape index (κ2) is 8.45. The van der Waals surface area contributed by atoms with Gasteiger partial charge in [-0.1, -0.05) is 30.3 Å². The number of hydrogen-bond donors (Lipinski definition) is 2. The van der Waals surface area contributed by atoms with Gasteiger partial charge in [-0.25, -0.2) is 8.42 Å². The Bertz CT molecular complexity index is 1060. The summed E-state index contributed by atoms with van der Waals surface area (Å²) < 4.78 is 32.9. The molecule has 1 atom stereocenters. The molecule has 2 amide bonds. The molecule has 8 nitrogen and oxygen atoms in total. The predicted molar refractivity (Wildman–Crippen MR) is 110 cm³/mol. The number of sulfonamides is 1. The molecule has 158 valence electrons. The van der Waals surface area contributed by atoms with Crippen LogP contribution in [0.25, 0.3) is 0 Å². The summed E-state index contributed by atoms with van der Waals surface area (Å²) in [5.74, 6) is -0.446. The lowest BCUT2D eigenvalue weighted by molar-refractivity contribution is -0.126. The zero-order valence-corrected chi connectivity index (χ0v) is 17.2.